The van der Waals surface area contributed by atoms with Gasteiger partial charge in [-0.3, -0.25) is 14.5 Å². The van der Waals surface area contributed by atoms with Gasteiger partial charge in [0.15, 0.2) is 0 Å². The van der Waals surface area contributed by atoms with Crippen molar-refractivity contribution in [2.75, 3.05) is 0 Å². The highest BCUT2D eigenvalue weighted by Crippen LogP contribution is 2.30. The number of aromatic nitrogens is 4. The Morgan fingerprint density at radius 2 is 1.84 bits per heavy atom. The van der Waals surface area contributed by atoms with Crippen molar-refractivity contribution in [1.82, 2.24) is 19.5 Å². The van der Waals surface area contributed by atoms with Gasteiger partial charge in [0, 0.05) is 28.9 Å². The van der Waals surface area contributed by atoms with Crippen molar-refractivity contribution in [2.24, 2.45) is 0 Å². The Morgan fingerprint density at radius 3 is 2.65 bits per heavy atom. The number of hydrogen-bond acceptors (Lipinski definition) is 4. The standard InChI is InChI=1S/C25H14ClN5/c26-21-13-18(9-10-27)6-8-24(21)31-16-30-23-15-29-22-7-5-17(12-20(22)25(23)31)3-4-19-2-1-11-28-14-19/h1-2,5-8,11-16H,9H2. The van der Waals surface area contributed by atoms with Crippen molar-refractivity contribution in [2.45, 2.75) is 6.42 Å². The monoisotopic (exact) mass is 419 g/mol. The van der Waals surface area contributed by atoms with Gasteiger partial charge in [-0.15, -0.1) is 0 Å². The van der Waals surface area contributed by atoms with E-state index in [1.54, 1.807) is 24.9 Å². The third kappa shape index (κ3) is 3.59. The summed E-state index contributed by atoms with van der Waals surface area (Å²) < 4.78 is 1.95. The summed E-state index contributed by atoms with van der Waals surface area (Å²) in [6.07, 6.45) is 7.28. The Kier molecular flexibility index (Phi) is 4.80. The number of hydrogen-bond donors (Lipinski definition) is 0. The predicted octanol–water partition coefficient (Wildman–Crippen LogP) is 5.09. The number of imidazole rings is 1. The Balaban J connectivity index is 1.67. The van der Waals surface area contributed by atoms with E-state index >= 15 is 0 Å². The Hall–Kier alpha value is -4.19. The van der Waals surface area contributed by atoms with Crippen LogP contribution in [0.2, 0.25) is 5.02 Å². The molecule has 0 aliphatic heterocycles. The number of rotatable bonds is 2. The van der Waals surface area contributed by atoms with E-state index in [0.29, 0.717) is 11.4 Å². The van der Waals surface area contributed by atoms with Crippen LogP contribution in [0.3, 0.4) is 0 Å². The van der Waals surface area contributed by atoms with Crippen LogP contribution in [-0.2, 0) is 6.42 Å². The van der Waals surface area contributed by atoms with Crippen LogP contribution in [0.1, 0.15) is 16.7 Å². The molecular formula is C25H14ClN5. The summed E-state index contributed by atoms with van der Waals surface area (Å²) in [7, 11) is 0. The number of halogens is 1. The second-order valence-electron chi connectivity index (χ2n) is 6.95. The van der Waals surface area contributed by atoms with Gasteiger partial charge < -0.3 is 0 Å². The zero-order valence-electron chi connectivity index (χ0n) is 16.2. The molecule has 0 aliphatic carbocycles. The van der Waals surface area contributed by atoms with E-state index in [1.165, 1.54) is 0 Å². The maximum atomic E-state index is 8.94. The summed E-state index contributed by atoms with van der Waals surface area (Å²) >= 11 is 6.56. The zero-order valence-corrected chi connectivity index (χ0v) is 17.0. The summed E-state index contributed by atoms with van der Waals surface area (Å²) in [6.45, 7) is 0. The van der Waals surface area contributed by atoms with Crippen LogP contribution in [0.5, 0.6) is 0 Å². The molecule has 0 aliphatic rings. The largest absolute Gasteiger partial charge is 0.297 e. The first-order valence-corrected chi connectivity index (χ1v) is 9.94. The van der Waals surface area contributed by atoms with E-state index in [4.69, 9.17) is 16.9 Å². The molecule has 5 rings (SSSR count). The van der Waals surface area contributed by atoms with E-state index in [2.05, 4.69) is 32.9 Å². The van der Waals surface area contributed by atoms with Crippen LogP contribution in [0.4, 0.5) is 0 Å². The first-order valence-electron chi connectivity index (χ1n) is 9.56. The number of pyridine rings is 2. The lowest BCUT2D eigenvalue weighted by Crippen LogP contribution is -1.96. The maximum absolute atomic E-state index is 8.94. The fourth-order valence-corrected chi connectivity index (χ4v) is 3.78. The molecule has 0 saturated heterocycles. The molecule has 0 atom stereocenters. The van der Waals surface area contributed by atoms with Gasteiger partial charge in [0.2, 0.25) is 0 Å². The molecule has 0 N–H and O–H groups in total. The van der Waals surface area contributed by atoms with Gasteiger partial charge in [-0.25, -0.2) is 4.98 Å². The molecule has 0 spiro atoms. The third-order valence-corrected chi connectivity index (χ3v) is 5.24. The molecule has 6 heteroatoms. The number of nitriles is 1. The Labute approximate surface area is 183 Å². The first-order chi connectivity index (χ1) is 15.2. The topological polar surface area (TPSA) is 67.4 Å². The minimum Gasteiger partial charge on any atom is -0.297 e. The highest BCUT2D eigenvalue weighted by atomic mass is 35.5. The minimum absolute atomic E-state index is 0.316. The Morgan fingerprint density at radius 1 is 0.935 bits per heavy atom. The number of benzene rings is 2. The van der Waals surface area contributed by atoms with E-state index in [0.717, 1.165) is 44.3 Å². The van der Waals surface area contributed by atoms with Gasteiger partial charge in [-0.05, 0) is 48.0 Å². The average molecular weight is 420 g/mol. The molecule has 146 valence electrons. The molecule has 5 aromatic rings. The van der Waals surface area contributed by atoms with Gasteiger partial charge in [-0.1, -0.05) is 29.5 Å². The van der Waals surface area contributed by atoms with Crippen molar-refractivity contribution in [1.29, 1.82) is 5.26 Å². The van der Waals surface area contributed by atoms with Crippen molar-refractivity contribution >= 4 is 33.5 Å². The van der Waals surface area contributed by atoms with Crippen LogP contribution in [0, 0.1) is 23.2 Å². The molecule has 0 unspecified atom stereocenters. The molecule has 0 bridgehead atoms. The normalized spacial score (nSPS) is 10.6. The summed E-state index contributed by atoms with van der Waals surface area (Å²) in [6, 6.07) is 17.5. The molecule has 0 fully saturated rings. The molecule has 31 heavy (non-hydrogen) atoms. The molecule has 3 aromatic heterocycles. The molecule has 0 saturated carbocycles. The molecular weight excluding hydrogens is 406 g/mol. The average Bonchev–Trinajstić information content (AvgIpc) is 3.23. The van der Waals surface area contributed by atoms with Crippen LogP contribution in [0.15, 0.2) is 73.4 Å². The van der Waals surface area contributed by atoms with Gasteiger partial charge in [-0.2, -0.15) is 5.26 Å². The first kappa shape index (κ1) is 18.8. The van der Waals surface area contributed by atoms with Crippen molar-refractivity contribution < 1.29 is 0 Å². The minimum atomic E-state index is 0.316. The third-order valence-electron chi connectivity index (χ3n) is 4.94. The van der Waals surface area contributed by atoms with Gasteiger partial charge in [0.25, 0.3) is 0 Å². The smallest absolute Gasteiger partial charge is 0.108 e. The molecule has 0 amide bonds. The lowest BCUT2D eigenvalue weighted by molar-refractivity contribution is 1.09. The van der Waals surface area contributed by atoms with Crippen LogP contribution >= 0.6 is 11.6 Å². The molecule has 0 radical (unpaired) electrons. The second kappa shape index (κ2) is 7.91. The van der Waals surface area contributed by atoms with E-state index in [-0.39, 0.29) is 0 Å². The summed E-state index contributed by atoms with van der Waals surface area (Å²) in [5.74, 6) is 6.34. The van der Waals surface area contributed by atoms with Crippen molar-refractivity contribution in [3.63, 3.8) is 0 Å². The fourth-order valence-electron chi connectivity index (χ4n) is 3.48. The summed E-state index contributed by atoms with van der Waals surface area (Å²) in [5.41, 5.74) is 5.91. The number of nitrogens with zero attached hydrogens (tertiary/aromatic N) is 5. The van der Waals surface area contributed by atoms with E-state index in [9.17, 15) is 0 Å². The van der Waals surface area contributed by atoms with Crippen molar-refractivity contribution in [3.05, 3.63) is 95.2 Å². The highest BCUT2D eigenvalue weighted by molar-refractivity contribution is 6.32. The quantitative estimate of drug-likeness (QED) is 0.374. The van der Waals surface area contributed by atoms with Crippen LogP contribution < -0.4 is 0 Å². The molecule has 3 heterocycles. The van der Waals surface area contributed by atoms with Gasteiger partial charge in [0.05, 0.1) is 40.4 Å². The number of fused-ring (bicyclic) bond motifs is 3. The van der Waals surface area contributed by atoms with Gasteiger partial charge in [0.1, 0.15) is 11.8 Å². The molecule has 2 aromatic carbocycles. The second-order valence-corrected chi connectivity index (χ2v) is 7.36. The van der Waals surface area contributed by atoms with E-state index in [1.807, 2.05) is 53.1 Å². The zero-order chi connectivity index (χ0) is 21.2. The van der Waals surface area contributed by atoms with Gasteiger partial charge >= 0.3 is 0 Å². The predicted molar refractivity (Wildman–Crippen MR) is 121 cm³/mol. The van der Waals surface area contributed by atoms with Crippen LogP contribution in [0.25, 0.3) is 27.6 Å². The highest BCUT2D eigenvalue weighted by Gasteiger charge is 2.13. The van der Waals surface area contributed by atoms with Crippen molar-refractivity contribution in [3.8, 4) is 23.6 Å². The maximum Gasteiger partial charge on any atom is 0.108 e. The lowest BCUT2D eigenvalue weighted by Gasteiger charge is -2.10. The fraction of sp³-hybridized carbons (Fsp3) is 0.0400. The Bertz CT molecular complexity index is 1540. The van der Waals surface area contributed by atoms with Crippen LogP contribution in [-0.4, -0.2) is 19.5 Å². The summed E-state index contributed by atoms with van der Waals surface area (Å²) in [5, 5.41) is 10.4. The molecule has 5 nitrogen and oxygen atoms in total. The van der Waals surface area contributed by atoms with E-state index < -0.39 is 0 Å². The lowest BCUT2D eigenvalue weighted by atomic mass is 10.1. The summed E-state index contributed by atoms with van der Waals surface area (Å²) in [4.78, 5) is 13.1. The SMILES string of the molecule is N#CCc1ccc(-n2cnc3cnc4ccc(C#Cc5cccnc5)cc4c32)c(Cl)c1.